The first kappa shape index (κ1) is 19.0. The van der Waals surface area contributed by atoms with Gasteiger partial charge in [-0.15, -0.1) is 0 Å². The van der Waals surface area contributed by atoms with Gasteiger partial charge in [-0.2, -0.15) is 0 Å². The Bertz CT molecular complexity index is 792. The molecule has 1 amide bonds. The Morgan fingerprint density at radius 1 is 1.00 bits per heavy atom. The lowest BCUT2D eigenvalue weighted by atomic mass is 10.0. The van der Waals surface area contributed by atoms with Gasteiger partial charge in [0, 0.05) is 50.4 Å². The van der Waals surface area contributed by atoms with E-state index in [4.69, 9.17) is 0 Å². The van der Waals surface area contributed by atoms with E-state index in [-0.39, 0.29) is 11.6 Å². The Morgan fingerprint density at radius 2 is 1.59 bits per heavy atom. The second kappa shape index (κ2) is 8.31. The fourth-order valence-electron chi connectivity index (χ4n) is 3.28. The van der Waals surface area contributed by atoms with Gasteiger partial charge in [-0.05, 0) is 29.2 Å². The maximum absolute atomic E-state index is 12.6. The number of benzene rings is 2. The highest BCUT2D eigenvalue weighted by Gasteiger charge is 2.22. The molecule has 6 nitrogen and oxygen atoms in total. The van der Waals surface area contributed by atoms with Gasteiger partial charge < -0.3 is 4.90 Å². The third-order valence-electron chi connectivity index (χ3n) is 5.04. The van der Waals surface area contributed by atoms with Crippen molar-refractivity contribution in [3.63, 3.8) is 0 Å². The topological polar surface area (TPSA) is 66.7 Å². The van der Waals surface area contributed by atoms with Crippen LogP contribution in [0.1, 0.15) is 41.3 Å². The molecule has 142 valence electrons. The highest BCUT2D eigenvalue weighted by Crippen LogP contribution is 2.17. The molecular formula is C21H25N3O3. The quantitative estimate of drug-likeness (QED) is 0.597. The fraction of sp³-hybridized carbons (Fsp3) is 0.381. The lowest BCUT2D eigenvalue weighted by Gasteiger charge is -2.34. The average molecular weight is 367 g/mol. The molecule has 0 bridgehead atoms. The Balaban J connectivity index is 1.53. The van der Waals surface area contributed by atoms with E-state index >= 15 is 0 Å². The summed E-state index contributed by atoms with van der Waals surface area (Å²) in [5.74, 6) is 0.471. The number of nitro groups is 1. The molecule has 1 saturated heterocycles. The van der Waals surface area contributed by atoms with Gasteiger partial charge in [0.2, 0.25) is 0 Å². The van der Waals surface area contributed by atoms with Crippen LogP contribution in [0.3, 0.4) is 0 Å². The van der Waals surface area contributed by atoms with Crippen LogP contribution in [0.15, 0.2) is 48.5 Å². The van der Waals surface area contributed by atoms with Crippen molar-refractivity contribution in [3.05, 3.63) is 75.3 Å². The van der Waals surface area contributed by atoms with Crippen molar-refractivity contribution < 1.29 is 9.72 Å². The lowest BCUT2D eigenvalue weighted by Crippen LogP contribution is -2.48. The van der Waals surface area contributed by atoms with Crippen LogP contribution in [0.5, 0.6) is 0 Å². The first-order chi connectivity index (χ1) is 12.9. The van der Waals surface area contributed by atoms with E-state index in [1.165, 1.54) is 35.4 Å². The van der Waals surface area contributed by atoms with Gasteiger partial charge in [-0.25, -0.2) is 0 Å². The number of hydrogen-bond acceptors (Lipinski definition) is 4. The van der Waals surface area contributed by atoms with E-state index in [0.29, 0.717) is 24.6 Å². The number of nitrogens with zero attached hydrogens (tertiary/aromatic N) is 3. The molecule has 0 atom stereocenters. The minimum atomic E-state index is -0.458. The van der Waals surface area contributed by atoms with Crippen LogP contribution in [0.4, 0.5) is 5.69 Å². The lowest BCUT2D eigenvalue weighted by molar-refractivity contribution is -0.384. The number of piperazine rings is 1. The molecule has 0 radical (unpaired) electrons. The molecule has 0 N–H and O–H groups in total. The molecular weight excluding hydrogens is 342 g/mol. The average Bonchev–Trinajstić information content (AvgIpc) is 2.68. The normalized spacial score (nSPS) is 15.1. The van der Waals surface area contributed by atoms with E-state index in [2.05, 4.69) is 43.0 Å². The SMILES string of the molecule is CC(C)c1ccc(CN2CCN(C(=O)c3ccc([N+](=O)[O-])cc3)CC2)cc1. The van der Waals surface area contributed by atoms with Crippen molar-refractivity contribution in [1.29, 1.82) is 0 Å². The number of non-ortho nitro benzene ring substituents is 1. The van der Waals surface area contributed by atoms with E-state index in [1.54, 1.807) is 0 Å². The molecule has 2 aromatic carbocycles. The highest BCUT2D eigenvalue weighted by atomic mass is 16.6. The second-order valence-electron chi connectivity index (χ2n) is 7.27. The fourth-order valence-corrected chi connectivity index (χ4v) is 3.28. The number of nitro benzene ring substituents is 1. The van der Waals surface area contributed by atoms with Gasteiger partial charge >= 0.3 is 0 Å². The zero-order chi connectivity index (χ0) is 19.4. The molecule has 1 aliphatic rings. The summed E-state index contributed by atoms with van der Waals surface area (Å²) in [6.45, 7) is 8.25. The molecule has 1 fully saturated rings. The summed E-state index contributed by atoms with van der Waals surface area (Å²) in [7, 11) is 0. The zero-order valence-electron chi connectivity index (χ0n) is 15.8. The van der Waals surface area contributed by atoms with E-state index in [9.17, 15) is 14.9 Å². The monoisotopic (exact) mass is 367 g/mol. The smallest absolute Gasteiger partial charge is 0.269 e. The molecule has 0 aromatic heterocycles. The van der Waals surface area contributed by atoms with Crippen molar-refractivity contribution >= 4 is 11.6 Å². The second-order valence-corrected chi connectivity index (χ2v) is 7.27. The zero-order valence-corrected chi connectivity index (χ0v) is 15.8. The molecule has 1 aliphatic heterocycles. The Morgan fingerprint density at radius 3 is 2.11 bits per heavy atom. The predicted octanol–water partition coefficient (Wildman–Crippen LogP) is 3.68. The first-order valence-electron chi connectivity index (χ1n) is 9.29. The van der Waals surface area contributed by atoms with Crippen LogP contribution in [-0.2, 0) is 6.54 Å². The van der Waals surface area contributed by atoms with E-state index < -0.39 is 4.92 Å². The molecule has 2 aromatic rings. The van der Waals surface area contributed by atoms with E-state index in [1.807, 2.05) is 4.90 Å². The molecule has 3 rings (SSSR count). The number of amides is 1. The Hall–Kier alpha value is -2.73. The molecule has 0 spiro atoms. The Labute approximate surface area is 159 Å². The van der Waals surface area contributed by atoms with Crippen molar-refractivity contribution in [3.8, 4) is 0 Å². The summed E-state index contributed by atoms with van der Waals surface area (Å²) in [6, 6.07) is 14.6. The highest BCUT2D eigenvalue weighted by molar-refractivity contribution is 5.94. The standard InChI is InChI=1S/C21H25N3O3/c1-16(2)18-5-3-17(4-6-18)15-22-11-13-23(14-12-22)21(25)19-7-9-20(10-8-19)24(26)27/h3-10,16H,11-15H2,1-2H3. The van der Waals surface area contributed by atoms with Gasteiger partial charge in [0.05, 0.1) is 4.92 Å². The third kappa shape index (κ3) is 4.71. The van der Waals surface area contributed by atoms with Crippen LogP contribution in [-0.4, -0.2) is 46.8 Å². The summed E-state index contributed by atoms with van der Waals surface area (Å²) in [5.41, 5.74) is 3.13. The van der Waals surface area contributed by atoms with Crippen LogP contribution in [0.2, 0.25) is 0 Å². The van der Waals surface area contributed by atoms with Crippen LogP contribution in [0.25, 0.3) is 0 Å². The maximum atomic E-state index is 12.6. The molecule has 0 saturated carbocycles. The molecule has 0 unspecified atom stereocenters. The van der Waals surface area contributed by atoms with Crippen molar-refractivity contribution in [2.45, 2.75) is 26.3 Å². The minimum Gasteiger partial charge on any atom is -0.336 e. The van der Waals surface area contributed by atoms with Crippen LogP contribution in [0, 0.1) is 10.1 Å². The van der Waals surface area contributed by atoms with Crippen molar-refractivity contribution in [2.75, 3.05) is 26.2 Å². The minimum absolute atomic E-state index is 0.000135. The number of carbonyl (C=O) groups is 1. The van der Waals surface area contributed by atoms with Crippen LogP contribution < -0.4 is 0 Å². The summed E-state index contributed by atoms with van der Waals surface area (Å²) in [6.07, 6.45) is 0. The van der Waals surface area contributed by atoms with Crippen molar-refractivity contribution in [1.82, 2.24) is 9.80 Å². The largest absolute Gasteiger partial charge is 0.336 e. The molecule has 6 heteroatoms. The van der Waals surface area contributed by atoms with E-state index in [0.717, 1.165) is 19.6 Å². The third-order valence-corrected chi connectivity index (χ3v) is 5.04. The predicted molar refractivity (Wildman–Crippen MR) is 105 cm³/mol. The van der Waals surface area contributed by atoms with Crippen molar-refractivity contribution in [2.24, 2.45) is 0 Å². The number of hydrogen-bond donors (Lipinski definition) is 0. The van der Waals surface area contributed by atoms with Gasteiger partial charge in [0.15, 0.2) is 0 Å². The van der Waals surface area contributed by atoms with Gasteiger partial charge in [0.1, 0.15) is 0 Å². The Kier molecular flexibility index (Phi) is 5.86. The summed E-state index contributed by atoms with van der Waals surface area (Å²) in [4.78, 5) is 27.0. The van der Waals surface area contributed by atoms with Gasteiger partial charge in [0.25, 0.3) is 11.6 Å². The summed E-state index contributed by atoms with van der Waals surface area (Å²) in [5, 5.41) is 10.7. The number of rotatable bonds is 5. The number of carbonyl (C=O) groups excluding carboxylic acids is 1. The van der Waals surface area contributed by atoms with Gasteiger partial charge in [-0.1, -0.05) is 38.1 Å². The molecule has 0 aliphatic carbocycles. The molecule has 27 heavy (non-hydrogen) atoms. The van der Waals surface area contributed by atoms with Crippen LogP contribution >= 0.6 is 0 Å². The van der Waals surface area contributed by atoms with Gasteiger partial charge in [-0.3, -0.25) is 19.8 Å². The molecule has 1 heterocycles. The summed E-state index contributed by atoms with van der Waals surface area (Å²) < 4.78 is 0. The summed E-state index contributed by atoms with van der Waals surface area (Å²) >= 11 is 0. The first-order valence-corrected chi connectivity index (χ1v) is 9.29. The maximum Gasteiger partial charge on any atom is 0.269 e.